The standard InChI is InChI=1S/C16H20N6O2/c1-20-5-12-6-21(7-13(20)9-24-8-12)16(23)14-3-2-4-15(19-14)22-10-17-18-11-22/h2-4,10-13H,5-9H2,1H3/t12-,13+/m1/s1. The van der Waals surface area contributed by atoms with Crippen molar-refractivity contribution in [3.8, 4) is 5.82 Å². The lowest BCUT2D eigenvalue weighted by Gasteiger charge is -2.29. The van der Waals surface area contributed by atoms with Gasteiger partial charge >= 0.3 is 0 Å². The van der Waals surface area contributed by atoms with Crippen LogP contribution in [0.2, 0.25) is 0 Å². The monoisotopic (exact) mass is 328 g/mol. The van der Waals surface area contributed by atoms with Gasteiger partial charge in [-0.15, -0.1) is 10.2 Å². The highest BCUT2D eigenvalue weighted by Gasteiger charge is 2.34. The van der Waals surface area contributed by atoms with Crippen molar-refractivity contribution in [1.82, 2.24) is 29.5 Å². The number of carbonyl (C=O) groups is 1. The number of ether oxygens (including phenoxy) is 1. The fourth-order valence-electron chi connectivity index (χ4n) is 3.38. The van der Waals surface area contributed by atoms with E-state index in [0.29, 0.717) is 43.7 Å². The summed E-state index contributed by atoms with van der Waals surface area (Å²) in [5.74, 6) is 0.950. The normalized spacial score (nSPS) is 24.6. The summed E-state index contributed by atoms with van der Waals surface area (Å²) in [6, 6.07) is 5.67. The Bertz CT molecular complexity index is 719. The zero-order valence-corrected chi connectivity index (χ0v) is 13.6. The quantitative estimate of drug-likeness (QED) is 0.776. The van der Waals surface area contributed by atoms with Crippen molar-refractivity contribution in [3.63, 3.8) is 0 Å². The van der Waals surface area contributed by atoms with Gasteiger partial charge in [-0.3, -0.25) is 14.3 Å². The van der Waals surface area contributed by atoms with Crippen LogP contribution in [0.1, 0.15) is 10.5 Å². The first kappa shape index (κ1) is 15.2. The van der Waals surface area contributed by atoms with Gasteiger partial charge in [-0.05, 0) is 19.2 Å². The number of aromatic nitrogens is 4. The number of likely N-dealkylation sites (N-methyl/N-ethyl adjacent to an activating group) is 1. The minimum Gasteiger partial charge on any atom is -0.379 e. The minimum absolute atomic E-state index is 0.0304. The van der Waals surface area contributed by atoms with Crippen molar-refractivity contribution >= 4 is 5.91 Å². The molecule has 2 bridgehead atoms. The lowest BCUT2D eigenvalue weighted by Crippen LogP contribution is -2.45. The Kier molecular flexibility index (Phi) is 3.99. The number of rotatable bonds is 2. The fourth-order valence-corrected chi connectivity index (χ4v) is 3.38. The second-order valence-corrected chi connectivity index (χ2v) is 6.46. The van der Waals surface area contributed by atoms with Crippen LogP contribution in [0, 0.1) is 5.92 Å². The first-order valence-corrected chi connectivity index (χ1v) is 8.10. The Morgan fingerprint density at radius 3 is 2.83 bits per heavy atom. The second kappa shape index (κ2) is 6.29. The fraction of sp³-hybridized carbons (Fsp3) is 0.500. The van der Waals surface area contributed by atoms with E-state index in [1.165, 1.54) is 0 Å². The Balaban J connectivity index is 1.58. The number of fused-ring (bicyclic) bond motifs is 3. The number of nitrogens with zero attached hydrogens (tertiary/aromatic N) is 6. The summed E-state index contributed by atoms with van der Waals surface area (Å²) < 4.78 is 7.41. The number of amides is 1. The molecular weight excluding hydrogens is 308 g/mol. The van der Waals surface area contributed by atoms with E-state index in [1.807, 2.05) is 17.0 Å². The maximum absolute atomic E-state index is 13.0. The Labute approximate surface area is 140 Å². The van der Waals surface area contributed by atoms with Crippen LogP contribution in [0.5, 0.6) is 0 Å². The average Bonchev–Trinajstić information content (AvgIpc) is 3.00. The van der Waals surface area contributed by atoms with Crippen molar-refractivity contribution in [1.29, 1.82) is 0 Å². The molecule has 126 valence electrons. The predicted octanol–water partition coefficient (Wildman–Crippen LogP) is 0.0649. The highest BCUT2D eigenvalue weighted by molar-refractivity contribution is 5.92. The zero-order valence-electron chi connectivity index (χ0n) is 13.6. The van der Waals surface area contributed by atoms with E-state index in [1.54, 1.807) is 23.3 Å². The third-order valence-electron chi connectivity index (χ3n) is 4.67. The number of carbonyl (C=O) groups excluding carboxylic acids is 1. The predicted molar refractivity (Wildman–Crippen MR) is 85.8 cm³/mol. The Morgan fingerprint density at radius 2 is 2.00 bits per heavy atom. The van der Waals surface area contributed by atoms with Gasteiger partial charge in [0.15, 0.2) is 0 Å². The van der Waals surface area contributed by atoms with Crippen LogP contribution in [-0.4, -0.2) is 81.4 Å². The molecule has 2 fully saturated rings. The van der Waals surface area contributed by atoms with Crippen LogP contribution in [0.4, 0.5) is 0 Å². The molecule has 8 heteroatoms. The molecule has 24 heavy (non-hydrogen) atoms. The maximum atomic E-state index is 13.0. The number of hydrogen-bond donors (Lipinski definition) is 0. The van der Waals surface area contributed by atoms with E-state index >= 15 is 0 Å². The molecule has 2 aliphatic rings. The van der Waals surface area contributed by atoms with E-state index in [-0.39, 0.29) is 11.9 Å². The van der Waals surface area contributed by atoms with Crippen molar-refractivity contribution in [2.75, 3.05) is 39.9 Å². The van der Waals surface area contributed by atoms with Crippen LogP contribution in [-0.2, 0) is 4.74 Å². The largest absolute Gasteiger partial charge is 0.379 e. The molecule has 4 rings (SSSR count). The van der Waals surface area contributed by atoms with Crippen molar-refractivity contribution < 1.29 is 9.53 Å². The first-order valence-electron chi connectivity index (χ1n) is 8.10. The Hall–Kier alpha value is -2.32. The third kappa shape index (κ3) is 2.90. The molecule has 0 radical (unpaired) electrons. The summed E-state index contributed by atoms with van der Waals surface area (Å²) in [5, 5.41) is 7.56. The van der Waals surface area contributed by atoms with Gasteiger partial charge in [0.2, 0.25) is 0 Å². The van der Waals surface area contributed by atoms with E-state index in [2.05, 4.69) is 27.1 Å². The molecule has 0 N–H and O–H groups in total. The first-order chi connectivity index (χ1) is 11.7. The van der Waals surface area contributed by atoms with Gasteiger partial charge in [-0.1, -0.05) is 6.07 Å². The number of hydrogen-bond acceptors (Lipinski definition) is 6. The molecule has 2 aromatic rings. The zero-order chi connectivity index (χ0) is 16.5. The molecule has 2 aliphatic heterocycles. The van der Waals surface area contributed by atoms with Gasteiger partial charge < -0.3 is 9.64 Å². The lowest BCUT2D eigenvalue weighted by atomic mass is 10.1. The van der Waals surface area contributed by atoms with E-state index < -0.39 is 0 Å². The minimum atomic E-state index is -0.0304. The molecule has 2 atom stereocenters. The van der Waals surface area contributed by atoms with Gasteiger partial charge in [-0.2, -0.15) is 0 Å². The highest BCUT2D eigenvalue weighted by Crippen LogP contribution is 2.20. The lowest BCUT2D eigenvalue weighted by molar-refractivity contribution is 0.0430. The summed E-state index contributed by atoms with van der Waals surface area (Å²) in [6.07, 6.45) is 3.14. The van der Waals surface area contributed by atoms with Crippen LogP contribution in [0.3, 0.4) is 0 Å². The highest BCUT2D eigenvalue weighted by atomic mass is 16.5. The van der Waals surface area contributed by atoms with Crippen molar-refractivity contribution in [2.45, 2.75) is 6.04 Å². The van der Waals surface area contributed by atoms with E-state index in [0.717, 1.165) is 6.54 Å². The molecule has 2 aromatic heterocycles. The molecule has 4 heterocycles. The Morgan fingerprint density at radius 1 is 1.17 bits per heavy atom. The van der Waals surface area contributed by atoms with Gasteiger partial charge in [0.05, 0.1) is 19.3 Å². The van der Waals surface area contributed by atoms with Crippen LogP contribution < -0.4 is 0 Å². The van der Waals surface area contributed by atoms with Crippen molar-refractivity contribution in [3.05, 3.63) is 36.5 Å². The summed E-state index contributed by atoms with van der Waals surface area (Å²) >= 11 is 0. The van der Waals surface area contributed by atoms with Gasteiger partial charge in [0.25, 0.3) is 5.91 Å². The summed E-state index contributed by atoms with van der Waals surface area (Å²) in [6.45, 7) is 3.72. The van der Waals surface area contributed by atoms with Gasteiger partial charge in [0.1, 0.15) is 24.2 Å². The van der Waals surface area contributed by atoms with Crippen LogP contribution in [0.25, 0.3) is 5.82 Å². The van der Waals surface area contributed by atoms with Crippen LogP contribution in [0.15, 0.2) is 30.9 Å². The smallest absolute Gasteiger partial charge is 0.272 e. The third-order valence-corrected chi connectivity index (χ3v) is 4.67. The number of pyridine rings is 1. The average molecular weight is 328 g/mol. The molecule has 8 nitrogen and oxygen atoms in total. The molecule has 0 aliphatic carbocycles. The summed E-state index contributed by atoms with van der Waals surface area (Å²) in [7, 11) is 2.10. The molecule has 2 saturated heterocycles. The van der Waals surface area contributed by atoms with E-state index in [4.69, 9.17) is 4.74 Å². The topological polar surface area (TPSA) is 76.4 Å². The van der Waals surface area contributed by atoms with Crippen molar-refractivity contribution in [2.24, 2.45) is 5.92 Å². The SMILES string of the molecule is CN1C[C@H]2COC[C@@H]1CN(C(=O)c1cccc(-n3cnnc3)n1)C2. The summed E-state index contributed by atoms with van der Waals surface area (Å²) in [5.41, 5.74) is 0.449. The van der Waals surface area contributed by atoms with E-state index in [9.17, 15) is 4.79 Å². The molecule has 0 spiro atoms. The second-order valence-electron chi connectivity index (χ2n) is 6.46. The molecule has 1 amide bonds. The molecule has 0 aromatic carbocycles. The van der Waals surface area contributed by atoms with Gasteiger partial charge in [0, 0.05) is 25.6 Å². The maximum Gasteiger partial charge on any atom is 0.272 e. The molecular formula is C16H20N6O2. The molecule has 0 saturated carbocycles. The van der Waals surface area contributed by atoms with Gasteiger partial charge in [-0.25, -0.2) is 4.98 Å². The summed E-state index contributed by atoms with van der Waals surface area (Å²) in [4.78, 5) is 21.7. The molecule has 0 unspecified atom stereocenters. The van der Waals surface area contributed by atoms with Crippen LogP contribution >= 0.6 is 0 Å².